The number of benzene rings is 2. The standard InChI is InChI=1S/C17H14ClNO2/c1-21-12-5-2-4-11(10-12)17(20)14-7-8-15(18)13-6-3-9-19-16(13)14/h2-10,17,20H,1H3. The fourth-order valence-corrected chi connectivity index (χ4v) is 2.59. The summed E-state index contributed by atoms with van der Waals surface area (Å²) in [5.41, 5.74) is 2.19. The molecule has 0 aliphatic carbocycles. The summed E-state index contributed by atoms with van der Waals surface area (Å²) in [6, 6.07) is 14.7. The van der Waals surface area contributed by atoms with Crippen LogP contribution < -0.4 is 4.74 Å². The van der Waals surface area contributed by atoms with Crippen molar-refractivity contribution in [2.45, 2.75) is 6.10 Å². The molecule has 0 radical (unpaired) electrons. The quantitative estimate of drug-likeness (QED) is 0.795. The Morgan fingerprint density at radius 3 is 2.81 bits per heavy atom. The number of methoxy groups -OCH3 is 1. The van der Waals surface area contributed by atoms with Crippen molar-refractivity contribution < 1.29 is 9.84 Å². The first kappa shape index (κ1) is 13.9. The highest BCUT2D eigenvalue weighted by molar-refractivity contribution is 6.35. The van der Waals surface area contributed by atoms with E-state index in [2.05, 4.69) is 4.98 Å². The van der Waals surface area contributed by atoms with Crippen molar-refractivity contribution in [3.63, 3.8) is 0 Å². The highest BCUT2D eigenvalue weighted by Crippen LogP contribution is 2.32. The highest BCUT2D eigenvalue weighted by Gasteiger charge is 2.16. The minimum absolute atomic E-state index is 0.625. The molecule has 1 N–H and O–H groups in total. The Balaban J connectivity index is 2.13. The molecular weight excluding hydrogens is 286 g/mol. The van der Waals surface area contributed by atoms with Gasteiger partial charge < -0.3 is 9.84 Å². The minimum atomic E-state index is -0.783. The molecule has 3 nitrogen and oxygen atoms in total. The van der Waals surface area contributed by atoms with Gasteiger partial charge in [0.15, 0.2) is 0 Å². The first-order valence-corrected chi connectivity index (χ1v) is 6.93. The van der Waals surface area contributed by atoms with Crippen molar-refractivity contribution in [2.24, 2.45) is 0 Å². The van der Waals surface area contributed by atoms with Gasteiger partial charge >= 0.3 is 0 Å². The van der Waals surface area contributed by atoms with E-state index in [-0.39, 0.29) is 0 Å². The van der Waals surface area contributed by atoms with Gasteiger partial charge in [0.05, 0.1) is 12.6 Å². The number of rotatable bonds is 3. The van der Waals surface area contributed by atoms with Crippen molar-refractivity contribution in [3.8, 4) is 5.75 Å². The van der Waals surface area contributed by atoms with Gasteiger partial charge in [0, 0.05) is 22.2 Å². The van der Waals surface area contributed by atoms with Crippen LogP contribution in [0.4, 0.5) is 0 Å². The van der Waals surface area contributed by atoms with E-state index < -0.39 is 6.10 Å². The maximum Gasteiger partial charge on any atom is 0.119 e. The van der Waals surface area contributed by atoms with E-state index >= 15 is 0 Å². The Hall–Kier alpha value is -2.10. The van der Waals surface area contributed by atoms with Crippen LogP contribution in [0.2, 0.25) is 5.02 Å². The Bertz CT molecular complexity index is 789. The van der Waals surface area contributed by atoms with Crippen LogP contribution >= 0.6 is 11.6 Å². The highest BCUT2D eigenvalue weighted by atomic mass is 35.5. The van der Waals surface area contributed by atoms with Crippen LogP contribution in [0.3, 0.4) is 0 Å². The smallest absolute Gasteiger partial charge is 0.119 e. The molecule has 0 fully saturated rings. The van der Waals surface area contributed by atoms with Crippen LogP contribution in [0.15, 0.2) is 54.7 Å². The molecule has 0 aliphatic heterocycles. The lowest BCUT2D eigenvalue weighted by Gasteiger charge is -2.15. The van der Waals surface area contributed by atoms with Crippen LogP contribution in [0.1, 0.15) is 17.2 Å². The summed E-state index contributed by atoms with van der Waals surface area (Å²) >= 11 is 6.19. The summed E-state index contributed by atoms with van der Waals surface area (Å²) in [4.78, 5) is 4.36. The van der Waals surface area contributed by atoms with Crippen LogP contribution in [0, 0.1) is 0 Å². The number of pyridine rings is 1. The average Bonchev–Trinajstić information content (AvgIpc) is 2.55. The second-order valence-electron chi connectivity index (χ2n) is 4.72. The molecule has 1 heterocycles. The Labute approximate surface area is 127 Å². The predicted molar refractivity (Wildman–Crippen MR) is 83.8 cm³/mol. The second-order valence-corrected chi connectivity index (χ2v) is 5.12. The molecule has 0 bridgehead atoms. The zero-order chi connectivity index (χ0) is 14.8. The topological polar surface area (TPSA) is 42.4 Å². The summed E-state index contributed by atoms with van der Waals surface area (Å²) in [5.74, 6) is 0.706. The van der Waals surface area contributed by atoms with E-state index in [0.29, 0.717) is 16.3 Å². The molecule has 0 saturated carbocycles. The molecular formula is C17H14ClNO2. The summed E-state index contributed by atoms with van der Waals surface area (Å²) in [7, 11) is 1.60. The average molecular weight is 300 g/mol. The van der Waals surface area contributed by atoms with Crippen LogP contribution in [0.25, 0.3) is 10.9 Å². The van der Waals surface area contributed by atoms with E-state index in [1.807, 2.05) is 42.5 Å². The fourth-order valence-electron chi connectivity index (χ4n) is 2.37. The van der Waals surface area contributed by atoms with Gasteiger partial charge in [-0.25, -0.2) is 0 Å². The second kappa shape index (κ2) is 5.72. The van der Waals surface area contributed by atoms with Gasteiger partial charge in [0.1, 0.15) is 11.9 Å². The number of aliphatic hydroxyl groups is 1. The first-order chi connectivity index (χ1) is 10.2. The molecule has 1 atom stereocenters. The molecule has 0 aliphatic rings. The van der Waals surface area contributed by atoms with E-state index in [4.69, 9.17) is 16.3 Å². The number of hydrogen-bond acceptors (Lipinski definition) is 3. The van der Waals surface area contributed by atoms with Gasteiger partial charge in [-0.1, -0.05) is 29.8 Å². The van der Waals surface area contributed by atoms with E-state index in [1.54, 1.807) is 19.4 Å². The summed E-state index contributed by atoms with van der Waals surface area (Å²) < 4.78 is 5.20. The molecule has 3 rings (SSSR count). The van der Waals surface area contributed by atoms with Crippen molar-refractivity contribution in [2.75, 3.05) is 7.11 Å². The van der Waals surface area contributed by atoms with Gasteiger partial charge in [0.2, 0.25) is 0 Å². The number of halogens is 1. The molecule has 3 aromatic rings. The molecule has 4 heteroatoms. The van der Waals surface area contributed by atoms with Gasteiger partial charge in [-0.3, -0.25) is 4.98 Å². The van der Waals surface area contributed by atoms with Crippen LogP contribution in [0.5, 0.6) is 5.75 Å². The fraction of sp³-hybridized carbons (Fsp3) is 0.118. The normalized spacial score (nSPS) is 12.3. The number of fused-ring (bicyclic) bond motifs is 1. The third-order valence-electron chi connectivity index (χ3n) is 3.45. The van der Waals surface area contributed by atoms with Crippen molar-refractivity contribution in [3.05, 3.63) is 70.9 Å². The number of nitrogens with zero attached hydrogens (tertiary/aromatic N) is 1. The van der Waals surface area contributed by atoms with Crippen LogP contribution in [-0.2, 0) is 0 Å². The molecule has 2 aromatic carbocycles. The monoisotopic (exact) mass is 299 g/mol. The largest absolute Gasteiger partial charge is 0.497 e. The van der Waals surface area contributed by atoms with Gasteiger partial charge in [-0.05, 0) is 35.9 Å². The third kappa shape index (κ3) is 2.58. The zero-order valence-corrected chi connectivity index (χ0v) is 12.2. The minimum Gasteiger partial charge on any atom is -0.497 e. The van der Waals surface area contributed by atoms with Crippen LogP contribution in [-0.4, -0.2) is 17.2 Å². The summed E-state index contributed by atoms with van der Waals surface area (Å²) in [6.45, 7) is 0. The van der Waals surface area contributed by atoms with Gasteiger partial charge in [-0.15, -0.1) is 0 Å². The maximum absolute atomic E-state index is 10.7. The Morgan fingerprint density at radius 2 is 2.00 bits per heavy atom. The lowest BCUT2D eigenvalue weighted by molar-refractivity contribution is 0.221. The number of ether oxygens (including phenoxy) is 1. The molecule has 1 unspecified atom stereocenters. The Kier molecular flexibility index (Phi) is 3.78. The number of aliphatic hydroxyl groups excluding tert-OH is 1. The van der Waals surface area contributed by atoms with Crippen molar-refractivity contribution in [1.29, 1.82) is 0 Å². The Morgan fingerprint density at radius 1 is 1.14 bits per heavy atom. The van der Waals surface area contributed by atoms with E-state index in [9.17, 15) is 5.11 Å². The molecule has 0 saturated heterocycles. The lowest BCUT2D eigenvalue weighted by atomic mass is 9.98. The van der Waals surface area contributed by atoms with Crippen molar-refractivity contribution >= 4 is 22.5 Å². The van der Waals surface area contributed by atoms with E-state index in [1.165, 1.54) is 0 Å². The molecule has 21 heavy (non-hydrogen) atoms. The third-order valence-corrected chi connectivity index (χ3v) is 3.78. The molecule has 0 amide bonds. The first-order valence-electron chi connectivity index (χ1n) is 6.56. The number of aromatic nitrogens is 1. The summed E-state index contributed by atoms with van der Waals surface area (Å²) in [6.07, 6.45) is 0.912. The maximum atomic E-state index is 10.7. The SMILES string of the molecule is COc1cccc(C(O)c2ccc(Cl)c3cccnc23)c1. The zero-order valence-electron chi connectivity index (χ0n) is 11.5. The molecule has 0 spiro atoms. The lowest BCUT2D eigenvalue weighted by Crippen LogP contribution is -2.02. The number of hydrogen-bond donors (Lipinski definition) is 1. The van der Waals surface area contributed by atoms with E-state index in [0.717, 1.165) is 16.5 Å². The summed E-state index contributed by atoms with van der Waals surface area (Å²) in [5, 5.41) is 12.1. The van der Waals surface area contributed by atoms with Gasteiger partial charge in [-0.2, -0.15) is 0 Å². The molecule has 106 valence electrons. The molecule has 1 aromatic heterocycles. The van der Waals surface area contributed by atoms with Crippen molar-refractivity contribution in [1.82, 2.24) is 4.98 Å². The predicted octanol–water partition coefficient (Wildman–Crippen LogP) is 3.98. The van der Waals surface area contributed by atoms with Gasteiger partial charge in [0.25, 0.3) is 0 Å².